The molecular formula is C17H24N4S. The Labute approximate surface area is 136 Å². The minimum atomic E-state index is 0.819. The first kappa shape index (κ1) is 15.5. The van der Waals surface area contributed by atoms with Crippen molar-refractivity contribution in [3.8, 4) is 5.69 Å². The van der Waals surface area contributed by atoms with E-state index in [1.807, 2.05) is 35.0 Å². The van der Waals surface area contributed by atoms with E-state index in [1.54, 1.807) is 11.8 Å². The predicted molar refractivity (Wildman–Crippen MR) is 90.2 cm³/mol. The number of rotatable bonds is 6. The second-order valence-corrected chi connectivity index (χ2v) is 7.18. The highest BCUT2D eigenvalue weighted by Crippen LogP contribution is 2.34. The van der Waals surface area contributed by atoms with E-state index in [0.29, 0.717) is 0 Å². The molecule has 1 aromatic heterocycles. The second kappa shape index (κ2) is 7.77. The fraction of sp³-hybridized carbons (Fsp3) is 0.588. The molecule has 1 heterocycles. The fourth-order valence-electron chi connectivity index (χ4n) is 3.29. The van der Waals surface area contributed by atoms with Gasteiger partial charge in [0.2, 0.25) is 5.16 Å². The number of aromatic nitrogens is 4. The van der Waals surface area contributed by atoms with Gasteiger partial charge in [-0.25, -0.2) is 0 Å². The van der Waals surface area contributed by atoms with Gasteiger partial charge in [-0.05, 0) is 47.2 Å². The summed E-state index contributed by atoms with van der Waals surface area (Å²) in [5.41, 5.74) is 1.03. The summed E-state index contributed by atoms with van der Waals surface area (Å²) in [4.78, 5) is 0. The van der Waals surface area contributed by atoms with Gasteiger partial charge in [0.15, 0.2) is 0 Å². The quantitative estimate of drug-likeness (QED) is 0.743. The number of benzene rings is 1. The molecule has 0 saturated heterocycles. The lowest BCUT2D eigenvalue weighted by Gasteiger charge is -2.27. The average Bonchev–Trinajstić information content (AvgIpc) is 3.04. The Morgan fingerprint density at radius 1 is 1.09 bits per heavy atom. The summed E-state index contributed by atoms with van der Waals surface area (Å²) in [6, 6.07) is 10.1. The molecule has 2 aromatic rings. The van der Waals surface area contributed by atoms with Crippen molar-refractivity contribution in [1.82, 2.24) is 20.2 Å². The number of hydrogen-bond donors (Lipinski definition) is 0. The van der Waals surface area contributed by atoms with Crippen LogP contribution >= 0.6 is 11.8 Å². The van der Waals surface area contributed by atoms with Crippen LogP contribution in [0.5, 0.6) is 0 Å². The number of nitrogens with zero attached hydrogens (tertiary/aromatic N) is 4. The molecular weight excluding hydrogens is 292 g/mol. The van der Waals surface area contributed by atoms with E-state index < -0.39 is 0 Å². The molecule has 0 atom stereocenters. The van der Waals surface area contributed by atoms with Crippen molar-refractivity contribution in [3.63, 3.8) is 0 Å². The number of para-hydroxylation sites is 1. The van der Waals surface area contributed by atoms with Crippen molar-refractivity contribution in [2.24, 2.45) is 11.8 Å². The van der Waals surface area contributed by atoms with E-state index in [-0.39, 0.29) is 0 Å². The Kier molecular flexibility index (Phi) is 5.48. The van der Waals surface area contributed by atoms with E-state index in [1.165, 1.54) is 38.5 Å². The first-order valence-corrected chi connectivity index (χ1v) is 9.32. The highest BCUT2D eigenvalue weighted by atomic mass is 32.2. The molecule has 22 heavy (non-hydrogen) atoms. The van der Waals surface area contributed by atoms with Gasteiger partial charge in [0.05, 0.1) is 5.69 Å². The smallest absolute Gasteiger partial charge is 0.188 e. The number of hydrogen-bond acceptors (Lipinski definition) is 4. The Hall–Kier alpha value is -1.36. The zero-order valence-corrected chi connectivity index (χ0v) is 14.0. The van der Waals surface area contributed by atoms with Crippen LogP contribution in [0, 0.1) is 11.8 Å². The molecule has 1 aromatic carbocycles. The lowest BCUT2D eigenvalue weighted by Crippen LogP contribution is -2.16. The van der Waals surface area contributed by atoms with Gasteiger partial charge in [-0.2, -0.15) is 4.68 Å². The summed E-state index contributed by atoms with van der Waals surface area (Å²) in [7, 11) is 0. The van der Waals surface area contributed by atoms with Crippen LogP contribution in [-0.4, -0.2) is 26.0 Å². The molecule has 1 fully saturated rings. The Balaban J connectivity index is 1.54. The normalized spacial score (nSPS) is 21.9. The molecule has 1 aliphatic rings. The van der Waals surface area contributed by atoms with Gasteiger partial charge in [0.25, 0.3) is 0 Å². The highest BCUT2D eigenvalue weighted by Gasteiger charge is 2.21. The van der Waals surface area contributed by atoms with Crippen LogP contribution in [0.15, 0.2) is 35.5 Å². The van der Waals surface area contributed by atoms with Crippen molar-refractivity contribution < 1.29 is 0 Å². The SMILES string of the molecule is CCCC1CCC(CSc2nnnn2-c2ccccc2)CC1. The Bertz CT molecular complexity index is 561. The standard InChI is InChI=1S/C17H24N4S/c1-2-6-14-9-11-15(12-10-14)13-22-17-18-19-20-21(17)16-7-4-3-5-8-16/h3-5,7-8,14-15H,2,6,9-13H2,1H3. The first-order chi connectivity index (χ1) is 10.9. The fourth-order valence-corrected chi connectivity index (χ4v) is 4.36. The van der Waals surface area contributed by atoms with Crippen LogP contribution in [0.4, 0.5) is 0 Å². The molecule has 0 amide bonds. The Morgan fingerprint density at radius 2 is 1.82 bits per heavy atom. The monoisotopic (exact) mass is 316 g/mol. The summed E-state index contributed by atoms with van der Waals surface area (Å²) in [5, 5.41) is 13.1. The summed E-state index contributed by atoms with van der Waals surface area (Å²) >= 11 is 1.80. The van der Waals surface area contributed by atoms with Gasteiger partial charge >= 0.3 is 0 Å². The molecule has 0 bridgehead atoms. The van der Waals surface area contributed by atoms with Crippen LogP contribution in [0.2, 0.25) is 0 Å². The lowest BCUT2D eigenvalue weighted by molar-refractivity contribution is 0.279. The first-order valence-electron chi connectivity index (χ1n) is 8.33. The van der Waals surface area contributed by atoms with E-state index >= 15 is 0 Å². The van der Waals surface area contributed by atoms with Gasteiger partial charge in [0, 0.05) is 5.75 Å². The van der Waals surface area contributed by atoms with Crippen molar-refractivity contribution in [2.45, 2.75) is 50.6 Å². The summed E-state index contributed by atoms with van der Waals surface area (Å²) in [5.74, 6) is 2.92. The predicted octanol–water partition coefficient (Wildman–Crippen LogP) is 4.36. The van der Waals surface area contributed by atoms with Gasteiger partial charge in [-0.1, -0.05) is 62.6 Å². The summed E-state index contributed by atoms with van der Waals surface area (Å²) in [6.07, 6.45) is 8.28. The third-order valence-electron chi connectivity index (χ3n) is 4.55. The molecule has 0 spiro atoms. The Morgan fingerprint density at radius 3 is 2.55 bits per heavy atom. The van der Waals surface area contributed by atoms with Crippen LogP contribution in [0.3, 0.4) is 0 Å². The van der Waals surface area contributed by atoms with Gasteiger partial charge in [-0.15, -0.1) is 5.10 Å². The maximum atomic E-state index is 4.19. The lowest BCUT2D eigenvalue weighted by atomic mass is 9.81. The third kappa shape index (κ3) is 3.88. The van der Waals surface area contributed by atoms with Crippen molar-refractivity contribution in [1.29, 1.82) is 0 Å². The van der Waals surface area contributed by atoms with E-state index in [9.17, 15) is 0 Å². The summed E-state index contributed by atoms with van der Waals surface area (Å²) < 4.78 is 1.84. The van der Waals surface area contributed by atoms with Crippen molar-refractivity contribution in [3.05, 3.63) is 30.3 Å². The van der Waals surface area contributed by atoms with Crippen LogP contribution < -0.4 is 0 Å². The molecule has 0 aliphatic heterocycles. The average molecular weight is 316 g/mol. The van der Waals surface area contributed by atoms with Gasteiger partial charge in [0.1, 0.15) is 0 Å². The zero-order chi connectivity index (χ0) is 15.2. The minimum Gasteiger partial charge on any atom is -0.188 e. The molecule has 0 N–H and O–H groups in total. The largest absolute Gasteiger partial charge is 0.214 e. The van der Waals surface area contributed by atoms with Crippen molar-refractivity contribution >= 4 is 11.8 Å². The molecule has 1 aliphatic carbocycles. The summed E-state index contributed by atoms with van der Waals surface area (Å²) in [6.45, 7) is 2.30. The maximum Gasteiger partial charge on any atom is 0.214 e. The van der Waals surface area contributed by atoms with Gasteiger partial charge < -0.3 is 0 Å². The third-order valence-corrected chi connectivity index (χ3v) is 5.70. The van der Waals surface area contributed by atoms with Crippen LogP contribution in [-0.2, 0) is 0 Å². The molecule has 4 nitrogen and oxygen atoms in total. The van der Waals surface area contributed by atoms with E-state index in [4.69, 9.17) is 0 Å². The second-order valence-electron chi connectivity index (χ2n) is 6.20. The molecule has 0 unspecified atom stereocenters. The number of thioether (sulfide) groups is 1. The van der Waals surface area contributed by atoms with Crippen LogP contribution in [0.25, 0.3) is 5.69 Å². The van der Waals surface area contributed by atoms with Crippen LogP contribution in [0.1, 0.15) is 45.4 Å². The molecule has 3 rings (SSSR count). The van der Waals surface area contributed by atoms with Crippen molar-refractivity contribution in [2.75, 3.05) is 5.75 Å². The number of tetrazole rings is 1. The highest BCUT2D eigenvalue weighted by molar-refractivity contribution is 7.99. The molecule has 0 radical (unpaired) electrons. The topological polar surface area (TPSA) is 43.6 Å². The molecule has 5 heteroatoms. The van der Waals surface area contributed by atoms with Gasteiger partial charge in [-0.3, -0.25) is 0 Å². The molecule has 1 saturated carbocycles. The van der Waals surface area contributed by atoms with E-state index in [2.05, 4.69) is 22.4 Å². The zero-order valence-electron chi connectivity index (χ0n) is 13.2. The molecule has 118 valence electrons. The minimum absolute atomic E-state index is 0.819. The van der Waals surface area contributed by atoms with E-state index in [0.717, 1.165) is 28.4 Å². The maximum absolute atomic E-state index is 4.19.